The molecule has 0 amide bonds. The third kappa shape index (κ3) is 2.90. The van der Waals surface area contributed by atoms with Crippen LogP contribution in [0.25, 0.3) is 22.3 Å². The standard InChI is InChI=1S/C19H20N4/c20-16-5-6-17-18(11-16)23-19(12-22-17)15-3-1-13(2-4-15)14-7-9-21-10-8-14/h1-6,11-12,14,21H,7-10,20H2. The highest BCUT2D eigenvalue weighted by molar-refractivity contribution is 5.80. The predicted molar refractivity (Wildman–Crippen MR) is 94.2 cm³/mol. The van der Waals surface area contributed by atoms with Crippen molar-refractivity contribution in [2.45, 2.75) is 18.8 Å². The lowest BCUT2D eigenvalue weighted by molar-refractivity contribution is 0.460. The van der Waals surface area contributed by atoms with Gasteiger partial charge in [-0.15, -0.1) is 0 Å². The van der Waals surface area contributed by atoms with Gasteiger partial charge in [-0.05, 0) is 55.6 Å². The lowest BCUT2D eigenvalue weighted by Gasteiger charge is -2.23. The van der Waals surface area contributed by atoms with E-state index in [1.165, 1.54) is 18.4 Å². The normalized spacial score (nSPS) is 15.8. The van der Waals surface area contributed by atoms with Gasteiger partial charge in [-0.3, -0.25) is 4.98 Å². The number of nitrogens with two attached hydrogens (primary N) is 1. The second-order valence-corrected chi connectivity index (χ2v) is 6.15. The molecule has 1 aliphatic heterocycles. The molecule has 2 heterocycles. The number of rotatable bonds is 2. The molecule has 0 radical (unpaired) electrons. The first kappa shape index (κ1) is 14.2. The molecule has 1 aliphatic rings. The maximum atomic E-state index is 5.84. The smallest absolute Gasteiger partial charge is 0.0914 e. The quantitative estimate of drug-likeness (QED) is 0.713. The molecule has 1 saturated heterocycles. The Morgan fingerprint density at radius 3 is 2.52 bits per heavy atom. The van der Waals surface area contributed by atoms with Gasteiger partial charge in [0.1, 0.15) is 0 Å². The van der Waals surface area contributed by atoms with E-state index in [2.05, 4.69) is 34.6 Å². The first-order valence-electron chi connectivity index (χ1n) is 8.13. The zero-order valence-corrected chi connectivity index (χ0v) is 13.0. The molecule has 3 aromatic rings. The van der Waals surface area contributed by atoms with Gasteiger partial charge in [0.15, 0.2) is 0 Å². The molecule has 4 rings (SSSR count). The Bertz CT molecular complexity index is 820. The van der Waals surface area contributed by atoms with E-state index in [4.69, 9.17) is 10.7 Å². The Morgan fingerprint density at radius 2 is 1.74 bits per heavy atom. The number of benzene rings is 2. The highest BCUT2D eigenvalue weighted by Crippen LogP contribution is 2.27. The Morgan fingerprint density at radius 1 is 0.957 bits per heavy atom. The second-order valence-electron chi connectivity index (χ2n) is 6.15. The fourth-order valence-corrected chi connectivity index (χ4v) is 3.25. The number of hydrogen-bond acceptors (Lipinski definition) is 4. The van der Waals surface area contributed by atoms with Crippen LogP contribution in [0.2, 0.25) is 0 Å². The van der Waals surface area contributed by atoms with E-state index >= 15 is 0 Å². The molecule has 4 heteroatoms. The van der Waals surface area contributed by atoms with Crippen molar-refractivity contribution in [3.63, 3.8) is 0 Å². The van der Waals surface area contributed by atoms with Crippen LogP contribution in [0.3, 0.4) is 0 Å². The summed E-state index contributed by atoms with van der Waals surface area (Å²) in [6, 6.07) is 14.4. The summed E-state index contributed by atoms with van der Waals surface area (Å²) in [4.78, 5) is 9.18. The first-order valence-corrected chi connectivity index (χ1v) is 8.13. The highest BCUT2D eigenvalue weighted by atomic mass is 14.9. The zero-order chi connectivity index (χ0) is 15.6. The molecule has 1 fully saturated rings. The van der Waals surface area contributed by atoms with Crippen LogP contribution in [0.5, 0.6) is 0 Å². The van der Waals surface area contributed by atoms with Crippen molar-refractivity contribution < 1.29 is 0 Å². The lowest BCUT2D eigenvalue weighted by atomic mass is 9.89. The molecule has 0 aliphatic carbocycles. The van der Waals surface area contributed by atoms with Crippen LogP contribution in [-0.2, 0) is 0 Å². The zero-order valence-electron chi connectivity index (χ0n) is 13.0. The molecule has 3 N–H and O–H groups in total. The fourth-order valence-electron chi connectivity index (χ4n) is 3.25. The van der Waals surface area contributed by atoms with E-state index in [1.807, 2.05) is 24.4 Å². The van der Waals surface area contributed by atoms with Crippen LogP contribution in [0, 0.1) is 0 Å². The van der Waals surface area contributed by atoms with Crippen molar-refractivity contribution >= 4 is 16.7 Å². The molecule has 0 spiro atoms. The molecule has 2 aromatic carbocycles. The van der Waals surface area contributed by atoms with E-state index in [-0.39, 0.29) is 0 Å². The van der Waals surface area contributed by atoms with Gasteiger partial charge in [0.05, 0.1) is 22.9 Å². The maximum absolute atomic E-state index is 5.84. The van der Waals surface area contributed by atoms with Gasteiger partial charge in [0, 0.05) is 11.3 Å². The summed E-state index contributed by atoms with van der Waals surface area (Å²) in [5, 5.41) is 3.41. The minimum Gasteiger partial charge on any atom is -0.399 e. The maximum Gasteiger partial charge on any atom is 0.0914 e. The minimum absolute atomic E-state index is 0.674. The average Bonchev–Trinajstić information content (AvgIpc) is 2.62. The molecule has 1 aromatic heterocycles. The topological polar surface area (TPSA) is 63.8 Å². The fraction of sp³-hybridized carbons (Fsp3) is 0.263. The van der Waals surface area contributed by atoms with E-state index in [0.717, 1.165) is 35.4 Å². The third-order valence-corrected chi connectivity index (χ3v) is 4.58. The molecule has 0 bridgehead atoms. The Balaban J connectivity index is 1.64. The average molecular weight is 304 g/mol. The van der Waals surface area contributed by atoms with Gasteiger partial charge in [0.2, 0.25) is 0 Å². The van der Waals surface area contributed by atoms with Crippen molar-refractivity contribution in [2.75, 3.05) is 18.8 Å². The Labute approximate surface area is 135 Å². The molecule has 4 nitrogen and oxygen atoms in total. The largest absolute Gasteiger partial charge is 0.399 e. The summed E-state index contributed by atoms with van der Waals surface area (Å²) in [7, 11) is 0. The minimum atomic E-state index is 0.674. The summed E-state index contributed by atoms with van der Waals surface area (Å²) in [6.07, 6.45) is 4.26. The Kier molecular flexibility index (Phi) is 3.67. The van der Waals surface area contributed by atoms with E-state index in [1.54, 1.807) is 0 Å². The number of nitrogens with zero attached hydrogens (tertiary/aromatic N) is 2. The summed E-state index contributed by atoms with van der Waals surface area (Å²) < 4.78 is 0. The van der Waals surface area contributed by atoms with Gasteiger partial charge in [-0.2, -0.15) is 0 Å². The van der Waals surface area contributed by atoms with Crippen molar-refractivity contribution in [1.82, 2.24) is 15.3 Å². The van der Waals surface area contributed by atoms with Gasteiger partial charge < -0.3 is 11.1 Å². The third-order valence-electron chi connectivity index (χ3n) is 4.58. The number of hydrogen-bond donors (Lipinski definition) is 2. The molecule has 0 unspecified atom stereocenters. The molecule has 0 atom stereocenters. The second kappa shape index (κ2) is 5.97. The van der Waals surface area contributed by atoms with Gasteiger partial charge in [-0.25, -0.2) is 4.98 Å². The molecule has 23 heavy (non-hydrogen) atoms. The Hall–Kier alpha value is -2.46. The number of anilines is 1. The SMILES string of the molecule is Nc1ccc2ncc(-c3ccc(C4CCNCC4)cc3)nc2c1. The van der Waals surface area contributed by atoms with Crippen LogP contribution in [0.1, 0.15) is 24.3 Å². The van der Waals surface area contributed by atoms with E-state index < -0.39 is 0 Å². The van der Waals surface area contributed by atoms with Crippen molar-refractivity contribution in [3.05, 3.63) is 54.2 Å². The number of nitrogens with one attached hydrogen (secondary N) is 1. The number of piperidine rings is 1. The predicted octanol–water partition coefficient (Wildman–Crippen LogP) is 3.35. The molecule has 116 valence electrons. The van der Waals surface area contributed by atoms with Crippen molar-refractivity contribution in [3.8, 4) is 11.3 Å². The lowest BCUT2D eigenvalue weighted by Crippen LogP contribution is -2.26. The van der Waals surface area contributed by atoms with Crippen molar-refractivity contribution in [2.24, 2.45) is 0 Å². The van der Waals surface area contributed by atoms with Crippen LogP contribution >= 0.6 is 0 Å². The van der Waals surface area contributed by atoms with Crippen LogP contribution in [0.15, 0.2) is 48.7 Å². The monoisotopic (exact) mass is 304 g/mol. The van der Waals surface area contributed by atoms with Gasteiger partial charge in [-0.1, -0.05) is 24.3 Å². The summed E-state index contributed by atoms with van der Waals surface area (Å²) >= 11 is 0. The van der Waals surface area contributed by atoms with Crippen molar-refractivity contribution in [1.29, 1.82) is 0 Å². The molecular formula is C19H20N4. The number of fused-ring (bicyclic) bond motifs is 1. The van der Waals surface area contributed by atoms with E-state index in [0.29, 0.717) is 11.6 Å². The first-order chi connectivity index (χ1) is 11.3. The highest BCUT2D eigenvalue weighted by Gasteiger charge is 2.15. The van der Waals surface area contributed by atoms with Gasteiger partial charge in [0.25, 0.3) is 0 Å². The number of aromatic nitrogens is 2. The summed E-state index contributed by atoms with van der Waals surface area (Å²) in [5.74, 6) is 0.674. The molecular weight excluding hydrogens is 284 g/mol. The number of nitrogen functional groups attached to an aromatic ring is 1. The summed E-state index contributed by atoms with van der Waals surface area (Å²) in [5.41, 5.74) is 11.7. The molecule has 0 saturated carbocycles. The van der Waals surface area contributed by atoms with E-state index in [9.17, 15) is 0 Å². The van der Waals surface area contributed by atoms with Gasteiger partial charge >= 0.3 is 0 Å². The van der Waals surface area contributed by atoms with Crippen LogP contribution in [-0.4, -0.2) is 23.1 Å². The summed E-state index contributed by atoms with van der Waals surface area (Å²) in [6.45, 7) is 2.23. The van der Waals surface area contributed by atoms with Crippen LogP contribution in [0.4, 0.5) is 5.69 Å². The van der Waals surface area contributed by atoms with Crippen LogP contribution < -0.4 is 11.1 Å².